The second kappa shape index (κ2) is 12.5. The van der Waals surface area contributed by atoms with E-state index < -0.39 is 0 Å². The number of hydrogen-bond acceptors (Lipinski definition) is 3. The van der Waals surface area contributed by atoms with Gasteiger partial charge in [-0.25, -0.2) is 0 Å². The summed E-state index contributed by atoms with van der Waals surface area (Å²) in [5.41, 5.74) is 2.41. The Bertz CT molecular complexity index is 779. The maximum atomic E-state index is 6.09. The minimum absolute atomic E-state index is 0.103. The molecule has 0 aromatic heterocycles. The normalized spacial score (nSPS) is 16.0. The summed E-state index contributed by atoms with van der Waals surface area (Å²) >= 11 is 5.72. The third kappa shape index (κ3) is 7.42. The SMILES string of the molecule is CC(COc1ccc(C(C)(C)c2ccc(OCCCCl)cc2)cc1)COC1CCCCC1. The van der Waals surface area contributed by atoms with Crippen molar-refractivity contribution in [2.75, 3.05) is 25.7 Å². The Labute approximate surface area is 199 Å². The second-order valence-corrected chi connectivity index (χ2v) is 9.95. The maximum Gasteiger partial charge on any atom is 0.119 e. The third-order valence-electron chi connectivity index (χ3n) is 6.40. The van der Waals surface area contributed by atoms with E-state index in [1.807, 2.05) is 12.1 Å². The van der Waals surface area contributed by atoms with Crippen molar-refractivity contribution in [3.63, 3.8) is 0 Å². The summed E-state index contributed by atoms with van der Waals surface area (Å²) in [6, 6.07) is 16.9. The Hall–Kier alpha value is -1.71. The lowest BCUT2D eigenvalue weighted by molar-refractivity contribution is 0.00297. The number of alkyl halides is 1. The lowest BCUT2D eigenvalue weighted by Crippen LogP contribution is -2.22. The zero-order chi connectivity index (χ0) is 22.8. The summed E-state index contributed by atoms with van der Waals surface area (Å²) in [5.74, 6) is 2.81. The topological polar surface area (TPSA) is 27.7 Å². The van der Waals surface area contributed by atoms with Crippen molar-refractivity contribution in [1.82, 2.24) is 0 Å². The molecular weight excluding hydrogens is 420 g/mol. The van der Waals surface area contributed by atoms with Gasteiger partial charge in [-0.3, -0.25) is 0 Å². The number of benzene rings is 2. The monoisotopic (exact) mass is 458 g/mol. The first-order valence-corrected chi connectivity index (χ1v) is 12.7. The van der Waals surface area contributed by atoms with E-state index in [2.05, 4.69) is 57.2 Å². The molecule has 1 saturated carbocycles. The summed E-state index contributed by atoms with van der Waals surface area (Å²) < 4.78 is 17.8. The van der Waals surface area contributed by atoms with E-state index in [0.29, 0.717) is 31.1 Å². The Balaban J connectivity index is 1.49. The van der Waals surface area contributed by atoms with E-state index in [9.17, 15) is 0 Å². The summed E-state index contributed by atoms with van der Waals surface area (Å²) in [4.78, 5) is 0. The number of hydrogen-bond donors (Lipinski definition) is 0. The molecule has 4 heteroatoms. The average molecular weight is 459 g/mol. The van der Waals surface area contributed by atoms with Crippen LogP contribution < -0.4 is 9.47 Å². The molecule has 3 nitrogen and oxygen atoms in total. The fraction of sp³-hybridized carbons (Fsp3) is 0.571. The Morgan fingerprint density at radius 3 is 1.97 bits per heavy atom. The van der Waals surface area contributed by atoms with Gasteiger partial charge in [0.15, 0.2) is 0 Å². The fourth-order valence-corrected chi connectivity index (χ4v) is 4.27. The van der Waals surface area contributed by atoms with Crippen LogP contribution >= 0.6 is 11.6 Å². The van der Waals surface area contributed by atoms with Crippen LogP contribution in [0.5, 0.6) is 11.5 Å². The van der Waals surface area contributed by atoms with Crippen molar-refractivity contribution in [2.24, 2.45) is 5.92 Å². The lowest BCUT2D eigenvalue weighted by Gasteiger charge is -2.27. The van der Waals surface area contributed by atoms with Gasteiger partial charge in [-0.15, -0.1) is 11.6 Å². The fourth-order valence-electron chi connectivity index (χ4n) is 4.17. The predicted molar refractivity (Wildman–Crippen MR) is 133 cm³/mol. The standard InChI is InChI=1S/C28H39ClO3/c1-22(20-31-25-8-5-4-6-9-25)21-32-27-16-12-24(13-17-27)28(2,3)23-10-14-26(15-11-23)30-19-7-18-29/h10-17,22,25H,4-9,18-21H2,1-3H3. The van der Waals surface area contributed by atoms with Crippen LogP contribution in [0.2, 0.25) is 0 Å². The molecule has 0 aliphatic heterocycles. The van der Waals surface area contributed by atoms with E-state index in [4.69, 9.17) is 25.8 Å². The molecule has 1 unspecified atom stereocenters. The van der Waals surface area contributed by atoms with E-state index in [1.54, 1.807) is 0 Å². The summed E-state index contributed by atoms with van der Waals surface area (Å²) in [6.07, 6.45) is 7.73. The highest BCUT2D eigenvalue weighted by atomic mass is 35.5. The van der Waals surface area contributed by atoms with Crippen molar-refractivity contribution in [2.45, 2.75) is 70.8 Å². The molecule has 1 aliphatic rings. The molecule has 32 heavy (non-hydrogen) atoms. The molecule has 1 atom stereocenters. The van der Waals surface area contributed by atoms with Crippen LogP contribution in [-0.4, -0.2) is 31.8 Å². The zero-order valence-corrected chi connectivity index (χ0v) is 20.7. The van der Waals surface area contributed by atoms with Crippen LogP contribution in [-0.2, 0) is 10.2 Å². The molecule has 0 spiro atoms. The molecule has 3 rings (SSSR count). The van der Waals surface area contributed by atoms with Crippen LogP contribution in [0, 0.1) is 5.92 Å². The van der Waals surface area contributed by atoms with Gasteiger partial charge in [-0.1, -0.05) is 64.3 Å². The van der Waals surface area contributed by atoms with E-state index >= 15 is 0 Å². The van der Waals surface area contributed by atoms with Gasteiger partial charge in [0.25, 0.3) is 0 Å². The van der Waals surface area contributed by atoms with Crippen LogP contribution in [0.3, 0.4) is 0 Å². The van der Waals surface area contributed by atoms with Gasteiger partial charge in [0.2, 0.25) is 0 Å². The molecule has 0 radical (unpaired) electrons. The molecule has 2 aromatic carbocycles. The van der Waals surface area contributed by atoms with Gasteiger partial charge in [0.1, 0.15) is 11.5 Å². The molecule has 176 valence electrons. The highest BCUT2D eigenvalue weighted by Gasteiger charge is 2.23. The maximum absolute atomic E-state index is 6.09. The molecular formula is C28H39ClO3. The summed E-state index contributed by atoms with van der Waals surface area (Å²) in [7, 11) is 0. The van der Waals surface area contributed by atoms with Crippen LogP contribution in [0.1, 0.15) is 70.4 Å². The minimum Gasteiger partial charge on any atom is -0.494 e. The first-order valence-electron chi connectivity index (χ1n) is 12.1. The van der Waals surface area contributed by atoms with Crippen molar-refractivity contribution in [1.29, 1.82) is 0 Å². The van der Waals surface area contributed by atoms with Crippen molar-refractivity contribution >= 4 is 11.6 Å². The molecule has 1 fully saturated rings. The van der Waals surface area contributed by atoms with Gasteiger partial charge in [0.05, 0.1) is 25.9 Å². The third-order valence-corrected chi connectivity index (χ3v) is 6.67. The molecule has 0 bridgehead atoms. The van der Waals surface area contributed by atoms with E-state index in [-0.39, 0.29) is 5.41 Å². The van der Waals surface area contributed by atoms with Gasteiger partial charge < -0.3 is 14.2 Å². The van der Waals surface area contributed by atoms with Crippen molar-refractivity contribution in [3.8, 4) is 11.5 Å². The smallest absolute Gasteiger partial charge is 0.119 e. The second-order valence-electron chi connectivity index (χ2n) is 9.57. The largest absolute Gasteiger partial charge is 0.494 e. The molecule has 0 heterocycles. The van der Waals surface area contributed by atoms with Gasteiger partial charge in [-0.2, -0.15) is 0 Å². The number of rotatable bonds is 12. The van der Waals surface area contributed by atoms with E-state index in [1.165, 1.54) is 43.2 Å². The van der Waals surface area contributed by atoms with E-state index in [0.717, 1.165) is 24.5 Å². The van der Waals surface area contributed by atoms with Crippen LogP contribution in [0.4, 0.5) is 0 Å². The predicted octanol–water partition coefficient (Wildman–Crippen LogP) is 7.38. The molecule has 0 amide bonds. The quantitative estimate of drug-likeness (QED) is 0.245. The van der Waals surface area contributed by atoms with Crippen molar-refractivity contribution in [3.05, 3.63) is 59.7 Å². The number of ether oxygens (including phenoxy) is 3. The first-order chi connectivity index (χ1) is 15.5. The average Bonchev–Trinajstić information content (AvgIpc) is 2.83. The number of halogens is 1. The Morgan fingerprint density at radius 1 is 0.844 bits per heavy atom. The molecule has 0 saturated heterocycles. The Kier molecular flexibility index (Phi) is 9.74. The summed E-state index contributed by atoms with van der Waals surface area (Å²) in [6.45, 7) is 8.80. The minimum atomic E-state index is -0.103. The zero-order valence-electron chi connectivity index (χ0n) is 19.9. The molecule has 1 aliphatic carbocycles. The Morgan fingerprint density at radius 2 is 1.41 bits per heavy atom. The van der Waals surface area contributed by atoms with Gasteiger partial charge in [-0.05, 0) is 54.7 Å². The van der Waals surface area contributed by atoms with Crippen LogP contribution in [0.15, 0.2) is 48.5 Å². The van der Waals surface area contributed by atoms with Crippen molar-refractivity contribution < 1.29 is 14.2 Å². The highest BCUT2D eigenvalue weighted by Crippen LogP contribution is 2.33. The van der Waals surface area contributed by atoms with Gasteiger partial charge in [0, 0.05) is 17.2 Å². The van der Waals surface area contributed by atoms with Gasteiger partial charge >= 0.3 is 0 Å². The van der Waals surface area contributed by atoms with Crippen LogP contribution in [0.25, 0.3) is 0 Å². The molecule has 0 N–H and O–H groups in total. The highest BCUT2D eigenvalue weighted by molar-refractivity contribution is 6.17. The lowest BCUT2D eigenvalue weighted by atomic mass is 9.78. The molecule has 2 aromatic rings. The summed E-state index contributed by atoms with van der Waals surface area (Å²) in [5, 5.41) is 0. The first kappa shape index (κ1) is 24.9.